The van der Waals surface area contributed by atoms with Crippen LogP contribution in [0.1, 0.15) is 22.7 Å². The van der Waals surface area contributed by atoms with Crippen molar-refractivity contribution in [3.8, 4) is 0 Å². The number of imidazole rings is 1. The third kappa shape index (κ3) is 3.81. The molecular formula is C27H25N5O2. The topological polar surface area (TPSA) is 99.1 Å². The molecule has 3 N–H and O–H groups in total. The Kier molecular flexibility index (Phi) is 6.03. The fourth-order valence-corrected chi connectivity index (χ4v) is 4.35. The second-order valence-electron chi connectivity index (χ2n) is 8.01. The molecule has 3 aromatic carbocycles. The van der Waals surface area contributed by atoms with E-state index < -0.39 is 11.6 Å². The van der Waals surface area contributed by atoms with Gasteiger partial charge in [-0.05, 0) is 16.7 Å². The summed E-state index contributed by atoms with van der Waals surface area (Å²) in [4.78, 5) is 12.7. The number of aromatic nitrogens is 4. The molecule has 0 saturated heterocycles. The number of nitrogen functional groups attached to an aromatic ring is 1. The van der Waals surface area contributed by atoms with Crippen molar-refractivity contribution in [2.24, 2.45) is 0 Å². The Morgan fingerprint density at radius 2 is 1.32 bits per heavy atom. The Hall–Kier alpha value is -4.07. The molecule has 0 aliphatic carbocycles. The van der Waals surface area contributed by atoms with Gasteiger partial charge in [0.25, 0.3) is 0 Å². The standard InChI is InChI=1S/C27H25N5O2/c28-25-24-26(30-18-29-25)32(19-31-24)23(16-33)17-34-27(20-10-4-1-5-11-20,21-12-6-2-7-13-21)22-14-8-3-9-15-22/h1-15,18-19,23,33H,16-17H2,(H2,28,29,30). The van der Waals surface area contributed by atoms with Crippen molar-refractivity contribution >= 4 is 17.0 Å². The van der Waals surface area contributed by atoms with Crippen molar-refractivity contribution in [3.05, 3.63) is 120 Å². The summed E-state index contributed by atoms with van der Waals surface area (Å²) in [6.45, 7) is 0.0361. The minimum absolute atomic E-state index is 0.163. The summed E-state index contributed by atoms with van der Waals surface area (Å²) < 4.78 is 8.65. The average Bonchev–Trinajstić information content (AvgIpc) is 3.34. The lowest BCUT2D eigenvalue weighted by molar-refractivity contribution is -0.0145. The van der Waals surface area contributed by atoms with Gasteiger partial charge in [-0.3, -0.25) is 0 Å². The highest BCUT2D eigenvalue weighted by molar-refractivity contribution is 5.81. The number of hydrogen-bond donors (Lipinski definition) is 2. The molecule has 2 heterocycles. The summed E-state index contributed by atoms with van der Waals surface area (Å²) in [7, 11) is 0. The molecule has 170 valence electrons. The van der Waals surface area contributed by atoms with Gasteiger partial charge in [-0.15, -0.1) is 0 Å². The van der Waals surface area contributed by atoms with Crippen LogP contribution in [-0.2, 0) is 10.3 Å². The third-order valence-corrected chi connectivity index (χ3v) is 6.02. The van der Waals surface area contributed by atoms with Crippen LogP contribution in [0.4, 0.5) is 5.82 Å². The zero-order valence-electron chi connectivity index (χ0n) is 18.5. The lowest BCUT2D eigenvalue weighted by Gasteiger charge is -2.37. The van der Waals surface area contributed by atoms with Gasteiger partial charge in [0.2, 0.25) is 0 Å². The van der Waals surface area contributed by atoms with Crippen molar-refractivity contribution in [1.82, 2.24) is 19.5 Å². The molecule has 2 aromatic heterocycles. The van der Waals surface area contributed by atoms with E-state index in [0.717, 1.165) is 16.7 Å². The van der Waals surface area contributed by atoms with Crippen LogP contribution >= 0.6 is 0 Å². The summed E-state index contributed by atoms with van der Waals surface area (Å²) >= 11 is 0. The maximum Gasteiger partial charge on any atom is 0.165 e. The SMILES string of the molecule is Nc1ncnc2c1ncn2C(CO)COC(c1ccccc1)(c1ccccc1)c1ccccc1. The van der Waals surface area contributed by atoms with Crippen LogP contribution in [0.2, 0.25) is 0 Å². The third-order valence-electron chi connectivity index (χ3n) is 6.02. The van der Waals surface area contributed by atoms with E-state index in [0.29, 0.717) is 17.0 Å². The van der Waals surface area contributed by atoms with Gasteiger partial charge in [0.1, 0.15) is 17.4 Å². The van der Waals surface area contributed by atoms with E-state index in [-0.39, 0.29) is 13.2 Å². The molecule has 0 amide bonds. The van der Waals surface area contributed by atoms with Gasteiger partial charge in [0, 0.05) is 0 Å². The number of nitrogens with two attached hydrogens (primary N) is 1. The van der Waals surface area contributed by atoms with Crippen LogP contribution < -0.4 is 5.73 Å². The smallest absolute Gasteiger partial charge is 0.165 e. The minimum Gasteiger partial charge on any atom is -0.394 e. The summed E-state index contributed by atoms with van der Waals surface area (Å²) in [5, 5.41) is 10.3. The first-order valence-electron chi connectivity index (χ1n) is 11.1. The zero-order chi connectivity index (χ0) is 23.4. The molecule has 0 aliphatic rings. The van der Waals surface area contributed by atoms with Crippen LogP contribution in [0.5, 0.6) is 0 Å². The molecule has 5 aromatic rings. The van der Waals surface area contributed by atoms with Gasteiger partial charge >= 0.3 is 0 Å². The molecule has 34 heavy (non-hydrogen) atoms. The number of aliphatic hydroxyl groups excluding tert-OH is 1. The summed E-state index contributed by atoms with van der Waals surface area (Å²) in [6, 6.07) is 29.9. The Morgan fingerprint density at radius 1 is 0.794 bits per heavy atom. The number of aliphatic hydroxyl groups is 1. The maximum absolute atomic E-state index is 10.3. The first kappa shape index (κ1) is 21.8. The lowest BCUT2D eigenvalue weighted by atomic mass is 9.80. The molecule has 0 saturated carbocycles. The predicted octanol–water partition coefficient (Wildman–Crippen LogP) is 3.95. The van der Waals surface area contributed by atoms with Crippen molar-refractivity contribution in [2.45, 2.75) is 11.6 Å². The molecule has 1 unspecified atom stereocenters. The van der Waals surface area contributed by atoms with Gasteiger partial charge in [0.15, 0.2) is 11.5 Å². The van der Waals surface area contributed by atoms with Gasteiger partial charge in [-0.2, -0.15) is 0 Å². The van der Waals surface area contributed by atoms with E-state index in [9.17, 15) is 5.11 Å². The highest BCUT2D eigenvalue weighted by Gasteiger charge is 2.38. The Bertz CT molecular complexity index is 1260. The average molecular weight is 452 g/mol. The van der Waals surface area contributed by atoms with Crippen molar-refractivity contribution in [3.63, 3.8) is 0 Å². The Morgan fingerprint density at radius 3 is 1.82 bits per heavy atom. The summed E-state index contributed by atoms with van der Waals surface area (Å²) in [5.41, 5.74) is 9.11. The van der Waals surface area contributed by atoms with Crippen LogP contribution in [0.3, 0.4) is 0 Å². The fraction of sp³-hybridized carbons (Fsp3) is 0.148. The molecular weight excluding hydrogens is 426 g/mol. The first-order valence-corrected chi connectivity index (χ1v) is 11.1. The Labute approximate surface area is 197 Å². The number of rotatable bonds is 8. The molecule has 0 aliphatic heterocycles. The normalized spacial score (nSPS) is 12.6. The van der Waals surface area contributed by atoms with Crippen molar-refractivity contribution < 1.29 is 9.84 Å². The molecule has 7 heteroatoms. The molecule has 1 atom stereocenters. The molecule has 0 bridgehead atoms. The molecule has 5 rings (SSSR count). The highest BCUT2D eigenvalue weighted by atomic mass is 16.5. The molecule has 7 nitrogen and oxygen atoms in total. The van der Waals surface area contributed by atoms with Crippen molar-refractivity contribution in [2.75, 3.05) is 18.9 Å². The molecule has 0 spiro atoms. The predicted molar refractivity (Wildman–Crippen MR) is 131 cm³/mol. The van der Waals surface area contributed by atoms with Gasteiger partial charge in [-0.25, -0.2) is 15.0 Å². The number of ether oxygens (including phenoxy) is 1. The zero-order valence-corrected chi connectivity index (χ0v) is 18.5. The van der Waals surface area contributed by atoms with Crippen LogP contribution in [0.15, 0.2) is 104 Å². The number of nitrogens with zero attached hydrogens (tertiary/aromatic N) is 4. The number of anilines is 1. The quantitative estimate of drug-likeness (QED) is 0.347. The van der Waals surface area contributed by atoms with Crippen molar-refractivity contribution in [1.29, 1.82) is 0 Å². The highest BCUT2D eigenvalue weighted by Crippen LogP contribution is 2.41. The van der Waals surface area contributed by atoms with Gasteiger partial charge in [-0.1, -0.05) is 91.0 Å². The summed E-state index contributed by atoms with van der Waals surface area (Å²) in [5.74, 6) is 0.300. The van der Waals surface area contributed by atoms with E-state index in [1.807, 2.05) is 54.6 Å². The second-order valence-corrected chi connectivity index (χ2v) is 8.01. The number of benzene rings is 3. The molecule has 0 radical (unpaired) electrons. The first-order chi connectivity index (χ1) is 16.7. The van der Waals surface area contributed by atoms with Gasteiger partial charge < -0.3 is 20.1 Å². The van der Waals surface area contributed by atoms with Gasteiger partial charge in [0.05, 0.1) is 25.6 Å². The monoisotopic (exact) mass is 451 g/mol. The Balaban J connectivity index is 1.61. The number of hydrogen-bond acceptors (Lipinski definition) is 6. The van der Waals surface area contributed by atoms with E-state index in [1.165, 1.54) is 6.33 Å². The second kappa shape index (κ2) is 9.43. The van der Waals surface area contributed by atoms with Crippen LogP contribution in [-0.4, -0.2) is 37.8 Å². The van der Waals surface area contributed by atoms with E-state index >= 15 is 0 Å². The largest absolute Gasteiger partial charge is 0.394 e. The van der Waals surface area contributed by atoms with Crippen LogP contribution in [0.25, 0.3) is 11.2 Å². The molecule has 0 fully saturated rings. The number of fused-ring (bicyclic) bond motifs is 1. The van der Waals surface area contributed by atoms with Crippen LogP contribution in [0, 0.1) is 0 Å². The van der Waals surface area contributed by atoms with E-state index in [4.69, 9.17) is 10.5 Å². The maximum atomic E-state index is 10.3. The lowest BCUT2D eigenvalue weighted by Crippen LogP contribution is -2.35. The summed E-state index contributed by atoms with van der Waals surface area (Å²) in [6.07, 6.45) is 3.02. The minimum atomic E-state index is -0.887. The fourth-order valence-electron chi connectivity index (χ4n) is 4.35. The van der Waals surface area contributed by atoms with E-state index in [1.54, 1.807) is 10.9 Å². The van der Waals surface area contributed by atoms with E-state index in [2.05, 4.69) is 51.4 Å².